The molecule has 0 fully saturated rings. The number of nitrogens with zero attached hydrogens (tertiary/aromatic N) is 1. The molecule has 0 N–H and O–H groups in total. The molecule has 2 aromatic carbocycles. The summed E-state index contributed by atoms with van der Waals surface area (Å²) in [5.74, 6) is 1.47. The van der Waals surface area contributed by atoms with E-state index in [1.54, 1.807) is 12.1 Å². The number of rotatable bonds is 3. The predicted molar refractivity (Wildman–Crippen MR) is 90.4 cm³/mol. The summed E-state index contributed by atoms with van der Waals surface area (Å²) in [4.78, 5) is 2.08. The van der Waals surface area contributed by atoms with Gasteiger partial charge in [0.2, 0.25) is 0 Å². The maximum absolute atomic E-state index is 6.33. The van der Waals surface area contributed by atoms with Crippen LogP contribution in [-0.4, -0.2) is 38.3 Å². The average molecular weight is 338 g/mol. The Hall–Kier alpha value is -1.42. The van der Waals surface area contributed by atoms with E-state index >= 15 is 0 Å². The van der Waals surface area contributed by atoms with E-state index in [4.69, 9.17) is 32.7 Å². The maximum Gasteiger partial charge on any atom is 0.169 e. The molecule has 3 rings (SSSR count). The summed E-state index contributed by atoms with van der Waals surface area (Å²) in [5.41, 5.74) is 1.74. The summed E-state index contributed by atoms with van der Waals surface area (Å²) in [5, 5.41) is 1.27. The van der Waals surface area contributed by atoms with Crippen LogP contribution in [0.3, 0.4) is 0 Å². The van der Waals surface area contributed by atoms with Crippen molar-refractivity contribution in [2.75, 3.05) is 27.2 Å². The Morgan fingerprint density at radius 3 is 2.73 bits per heavy atom. The van der Waals surface area contributed by atoms with Crippen LogP contribution in [0, 0.1) is 0 Å². The van der Waals surface area contributed by atoms with Crippen molar-refractivity contribution in [3.63, 3.8) is 0 Å². The van der Waals surface area contributed by atoms with Crippen molar-refractivity contribution >= 4 is 23.2 Å². The Balaban J connectivity index is 2.02. The molecule has 0 spiro atoms. The second kappa shape index (κ2) is 6.37. The molecule has 0 saturated carbocycles. The zero-order valence-electron chi connectivity index (χ0n) is 12.5. The molecular weight excluding hydrogens is 321 g/mol. The van der Waals surface area contributed by atoms with Crippen LogP contribution in [0.1, 0.15) is 0 Å². The second-order valence-corrected chi connectivity index (χ2v) is 6.41. The van der Waals surface area contributed by atoms with Gasteiger partial charge in [0.1, 0.15) is 12.7 Å². The minimum Gasteiger partial charge on any atom is -0.486 e. The summed E-state index contributed by atoms with van der Waals surface area (Å²) >= 11 is 12.4. The van der Waals surface area contributed by atoms with Gasteiger partial charge in [-0.2, -0.15) is 0 Å². The Morgan fingerprint density at radius 2 is 1.95 bits per heavy atom. The van der Waals surface area contributed by atoms with E-state index in [1.807, 2.05) is 38.4 Å². The molecule has 0 bridgehead atoms. The Kier molecular flexibility index (Phi) is 4.48. The first-order valence-electron chi connectivity index (χ1n) is 7.07. The maximum atomic E-state index is 6.33. The highest BCUT2D eigenvalue weighted by molar-refractivity contribution is 6.35. The van der Waals surface area contributed by atoms with Crippen LogP contribution in [0.25, 0.3) is 11.1 Å². The molecule has 116 valence electrons. The molecule has 22 heavy (non-hydrogen) atoms. The van der Waals surface area contributed by atoms with Crippen molar-refractivity contribution in [1.82, 2.24) is 4.90 Å². The smallest absolute Gasteiger partial charge is 0.169 e. The van der Waals surface area contributed by atoms with Crippen molar-refractivity contribution in [2.45, 2.75) is 6.10 Å². The third kappa shape index (κ3) is 3.17. The lowest BCUT2D eigenvalue weighted by Crippen LogP contribution is -2.38. The largest absolute Gasteiger partial charge is 0.486 e. The molecule has 0 aromatic heterocycles. The molecule has 0 saturated heterocycles. The Morgan fingerprint density at radius 1 is 1.14 bits per heavy atom. The number of likely N-dealkylation sites (N-methyl/N-ethyl adjacent to an activating group) is 1. The number of ether oxygens (including phenoxy) is 2. The van der Waals surface area contributed by atoms with Crippen LogP contribution in [0.5, 0.6) is 11.5 Å². The van der Waals surface area contributed by atoms with Crippen LogP contribution < -0.4 is 9.47 Å². The van der Waals surface area contributed by atoms with Crippen molar-refractivity contribution < 1.29 is 9.47 Å². The molecule has 1 aliphatic heterocycles. The van der Waals surface area contributed by atoms with E-state index in [0.29, 0.717) is 16.7 Å². The zero-order valence-corrected chi connectivity index (χ0v) is 14.0. The molecule has 2 aromatic rings. The Bertz CT molecular complexity index is 688. The van der Waals surface area contributed by atoms with Gasteiger partial charge in [-0.05, 0) is 38.4 Å². The summed E-state index contributed by atoms with van der Waals surface area (Å²) in [7, 11) is 4.03. The highest BCUT2D eigenvalue weighted by Gasteiger charge is 2.25. The van der Waals surface area contributed by atoms with Crippen LogP contribution in [0.2, 0.25) is 10.0 Å². The summed E-state index contributed by atoms with van der Waals surface area (Å²) < 4.78 is 12.0. The number of para-hydroxylation sites is 1. The number of halogens is 2. The van der Waals surface area contributed by atoms with E-state index in [1.165, 1.54) is 0 Å². The number of hydrogen-bond acceptors (Lipinski definition) is 3. The topological polar surface area (TPSA) is 21.7 Å². The molecular formula is C17H17Cl2NO2. The lowest BCUT2D eigenvalue weighted by Gasteiger charge is -2.30. The molecule has 1 heterocycles. The standard InChI is InChI=1S/C17H17Cl2NO2/c1-20(2)9-12-10-21-16-5-3-4-13(17(16)22-12)14-8-11(18)6-7-15(14)19/h3-8,12H,9-10H2,1-2H3. The minimum atomic E-state index is -0.0124. The second-order valence-electron chi connectivity index (χ2n) is 5.57. The summed E-state index contributed by atoms with van der Waals surface area (Å²) in [6, 6.07) is 11.2. The minimum absolute atomic E-state index is 0.0124. The van der Waals surface area contributed by atoms with Gasteiger partial charge in [-0.25, -0.2) is 0 Å². The van der Waals surface area contributed by atoms with Crippen LogP contribution in [0.4, 0.5) is 0 Å². The fourth-order valence-electron chi connectivity index (χ4n) is 2.55. The monoisotopic (exact) mass is 337 g/mol. The number of fused-ring (bicyclic) bond motifs is 1. The van der Waals surface area contributed by atoms with E-state index in [2.05, 4.69) is 4.90 Å². The fourth-order valence-corrected chi connectivity index (χ4v) is 2.94. The van der Waals surface area contributed by atoms with Crippen molar-refractivity contribution in [3.8, 4) is 22.6 Å². The lowest BCUT2D eigenvalue weighted by atomic mass is 10.0. The van der Waals surface area contributed by atoms with E-state index in [0.717, 1.165) is 29.2 Å². The third-order valence-corrected chi connectivity index (χ3v) is 4.04. The molecule has 1 atom stereocenters. The van der Waals surface area contributed by atoms with Gasteiger partial charge in [0.25, 0.3) is 0 Å². The quantitative estimate of drug-likeness (QED) is 0.830. The van der Waals surface area contributed by atoms with Gasteiger partial charge in [0, 0.05) is 27.7 Å². The average Bonchev–Trinajstić information content (AvgIpc) is 2.48. The summed E-state index contributed by atoms with van der Waals surface area (Å²) in [6.45, 7) is 1.33. The van der Waals surface area contributed by atoms with E-state index in [9.17, 15) is 0 Å². The van der Waals surface area contributed by atoms with E-state index in [-0.39, 0.29) is 6.10 Å². The van der Waals surface area contributed by atoms with Crippen LogP contribution in [0.15, 0.2) is 36.4 Å². The number of hydrogen-bond donors (Lipinski definition) is 0. The molecule has 3 nitrogen and oxygen atoms in total. The van der Waals surface area contributed by atoms with Crippen LogP contribution in [-0.2, 0) is 0 Å². The predicted octanol–water partition coefficient (Wildman–Crippen LogP) is 4.36. The van der Waals surface area contributed by atoms with Gasteiger partial charge in [0.15, 0.2) is 11.5 Å². The molecule has 0 aliphatic carbocycles. The van der Waals surface area contributed by atoms with Crippen molar-refractivity contribution in [1.29, 1.82) is 0 Å². The zero-order chi connectivity index (χ0) is 15.7. The first-order chi connectivity index (χ1) is 10.5. The SMILES string of the molecule is CN(C)CC1COc2cccc(-c3cc(Cl)ccc3Cl)c2O1. The van der Waals surface area contributed by atoms with Gasteiger partial charge in [-0.1, -0.05) is 35.3 Å². The van der Waals surface area contributed by atoms with Gasteiger partial charge >= 0.3 is 0 Å². The first kappa shape index (κ1) is 15.5. The van der Waals surface area contributed by atoms with Gasteiger partial charge in [-0.3, -0.25) is 0 Å². The first-order valence-corrected chi connectivity index (χ1v) is 7.83. The lowest BCUT2D eigenvalue weighted by molar-refractivity contribution is 0.0717. The highest BCUT2D eigenvalue weighted by Crippen LogP contribution is 2.43. The third-order valence-electron chi connectivity index (χ3n) is 3.48. The van der Waals surface area contributed by atoms with Crippen molar-refractivity contribution in [2.24, 2.45) is 0 Å². The fraction of sp³-hybridized carbons (Fsp3) is 0.294. The molecule has 1 aliphatic rings. The highest BCUT2D eigenvalue weighted by atomic mass is 35.5. The molecule has 0 amide bonds. The molecule has 1 unspecified atom stereocenters. The normalized spacial score (nSPS) is 16.9. The Labute approximate surface area is 140 Å². The summed E-state index contributed by atoms with van der Waals surface area (Å²) in [6.07, 6.45) is -0.0124. The van der Waals surface area contributed by atoms with Gasteiger partial charge in [-0.15, -0.1) is 0 Å². The number of benzene rings is 2. The van der Waals surface area contributed by atoms with Crippen molar-refractivity contribution in [3.05, 3.63) is 46.4 Å². The van der Waals surface area contributed by atoms with E-state index < -0.39 is 0 Å². The van der Waals surface area contributed by atoms with Gasteiger partial charge < -0.3 is 14.4 Å². The van der Waals surface area contributed by atoms with Gasteiger partial charge in [0.05, 0.1) is 0 Å². The molecule has 0 radical (unpaired) electrons. The molecule has 5 heteroatoms. The van der Waals surface area contributed by atoms with Crippen LogP contribution >= 0.6 is 23.2 Å².